The summed E-state index contributed by atoms with van der Waals surface area (Å²) in [6.45, 7) is 4.54. The summed E-state index contributed by atoms with van der Waals surface area (Å²) in [6, 6.07) is 10.5. The molecular formula is C22H27N3O2. The van der Waals surface area contributed by atoms with Crippen molar-refractivity contribution >= 4 is 0 Å². The van der Waals surface area contributed by atoms with Crippen LogP contribution in [0.25, 0.3) is 0 Å². The van der Waals surface area contributed by atoms with E-state index >= 15 is 0 Å². The number of benzene rings is 1. The van der Waals surface area contributed by atoms with Gasteiger partial charge in [-0.1, -0.05) is 24.3 Å². The van der Waals surface area contributed by atoms with E-state index in [9.17, 15) is 4.79 Å². The summed E-state index contributed by atoms with van der Waals surface area (Å²) >= 11 is 0. The lowest BCUT2D eigenvalue weighted by Crippen LogP contribution is -2.51. The smallest absolute Gasteiger partial charge is 0.267 e. The molecule has 0 bridgehead atoms. The second kappa shape index (κ2) is 7.21. The molecule has 3 heterocycles. The highest BCUT2D eigenvalue weighted by Gasteiger charge is 2.31. The molecule has 0 saturated carbocycles. The van der Waals surface area contributed by atoms with Gasteiger partial charge in [0.15, 0.2) is 0 Å². The molecule has 142 valence electrons. The van der Waals surface area contributed by atoms with Crippen LogP contribution >= 0.6 is 0 Å². The van der Waals surface area contributed by atoms with Crippen LogP contribution in [-0.2, 0) is 30.5 Å². The van der Waals surface area contributed by atoms with Gasteiger partial charge in [0.25, 0.3) is 5.56 Å². The van der Waals surface area contributed by atoms with Crippen LogP contribution in [0.3, 0.4) is 0 Å². The lowest BCUT2D eigenvalue weighted by atomic mass is 9.94. The highest BCUT2D eigenvalue weighted by Crippen LogP contribution is 2.30. The van der Waals surface area contributed by atoms with Crippen molar-refractivity contribution in [1.82, 2.24) is 14.7 Å². The standard InChI is InChI=1S/C22H27N3O2/c26-22-11-18-6-2-4-8-20(18)23-25(22)14-16-12-24(13-16)15-21-19-7-3-1-5-17(19)9-10-27-21/h1,3,5,7,11,16,21H,2,4,6,8-10,12-15H2. The fraction of sp³-hybridized carbons (Fsp3) is 0.545. The van der Waals surface area contributed by atoms with E-state index in [2.05, 4.69) is 34.3 Å². The Balaban J connectivity index is 1.19. The van der Waals surface area contributed by atoms with E-state index < -0.39 is 0 Å². The summed E-state index contributed by atoms with van der Waals surface area (Å²) in [5, 5.41) is 4.67. The Kier molecular flexibility index (Phi) is 4.58. The zero-order chi connectivity index (χ0) is 18.2. The van der Waals surface area contributed by atoms with Gasteiger partial charge in [-0.25, -0.2) is 4.68 Å². The maximum atomic E-state index is 12.4. The molecule has 1 unspecified atom stereocenters. The lowest BCUT2D eigenvalue weighted by Gasteiger charge is -2.42. The molecule has 1 aromatic heterocycles. The van der Waals surface area contributed by atoms with Crippen LogP contribution < -0.4 is 5.56 Å². The largest absolute Gasteiger partial charge is 0.372 e. The number of aromatic nitrogens is 2. The average Bonchev–Trinajstić information content (AvgIpc) is 2.67. The number of hydrogen-bond donors (Lipinski definition) is 0. The van der Waals surface area contributed by atoms with E-state index in [4.69, 9.17) is 4.74 Å². The zero-order valence-electron chi connectivity index (χ0n) is 15.8. The summed E-state index contributed by atoms with van der Waals surface area (Å²) in [5.74, 6) is 0.510. The topological polar surface area (TPSA) is 47.4 Å². The summed E-state index contributed by atoms with van der Waals surface area (Å²) < 4.78 is 7.74. The maximum absolute atomic E-state index is 12.4. The zero-order valence-corrected chi connectivity index (χ0v) is 15.8. The molecule has 5 heteroatoms. The van der Waals surface area contributed by atoms with E-state index in [1.165, 1.54) is 29.5 Å². The predicted octanol–water partition coefficient (Wildman–Crippen LogP) is 2.37. The van der Waals surface area contributed by atoms with Crippen molar-refractivity contribution in [3.8, 4) is 0 Å². The summed E-state index contributed by atoms with van der Waals surface area (Å²) in [5.41, 5.74) is 5.16. The van der Waals surface area contributed by atoms with E-state index in [-0.39, 0.29) is 11.7 Å². The van der Waals surface area contributed by atoms with Gasteiger partial charge in [0.1, 0.15) is 0 Å². The second-order valence-corrected chi connectivity index (χ2v) is 8.24. The molecule has 27 heavy (non-hydrogen) atoms. The third-order valence-electron chi connectivity index (χ3n) is 6.25. The van der Waals surface area contributed by atoms with Gasteiger partial charge in [-0.15, -0.1) is 0 Å². The average molecular weight is 365 g/mol. The molecule has 0 spiro atoms. The van der Waals surface area contributed by atoms with Crippen molar-refractivity contribution in [3.63, 3.8) is 0 Å². The van der Waals surface area contributed by atoms with Gasteiger partial charge < -0.3 is 4.74 Å². The van der Waals surface area contributed by atoms with Crippen molar-refractivity contribution in [2.45, 2.75) is 44.8 Å². The molecule has 5 nitrogen and oxygen atoms in total. The Labute approximate surface area is 160 Å². The number of nitrogens with zero attached hydrogens (tertiary/aromatic N) is 3. The first kappa shape index (κ1) is 17.1. The van der Waals surface area contributed by atoms with Crippen molar-refractivity contribution < 1.29 is 4.74 Å². The van der Waals surface area contributed by atoms with Crippen LogP contribution in [0.5, 0.6) is 0 Å². The Bertz CT molecular complexity index is 885. The van der Waals surface area contributed by atoms with Gasteiger partial charge in [0.2, 0.25) is 0 Å². The van der Waals surface area contributed by atoms with Crippen molar-refractivity contribution in [1.29, 1.82) is 0 Å². The molecule has 2 aromatic rings. The summed E-state index contributed by atoms with van der Waals surface area (Å²) in [4.78, 5) is 14.8. The normalized spacial score (nSPS) is 22.7. The second-order valence-electron chi connectivity index (χ2n) is 8.24. The monoisotopic (exact) mass is 365 g/mol. The fourth-order valence-electron chi connectivity index (χ4n) is 4.78. The van der Waals surface area contributed by atoms with E-state index in [0.717, 1.165) is 57.7 Å². The predicted molar refractivity (Wildman–Crippen MR) is 104 cm³/mol. The van der Waals surface area contributed by atoms with Crippen LogP contribution in [0.4, 0.5) is 0 Å². The van der Waals surface area contributed by atoms with Crippen LogP contribution in [0, 0.1) is 5.92 Å². The minimum absolute atomic E-state index is 0.0682. The summed E-state index contributed by atoms with van der Waals surface area (Å²) in [6.07, 6.45) is 5.60. The number of fused-ring (bicyclic) bond motifs is 2. The third kappa shape index (κ3) is 3.46. The molecule has 0 radical (unpaired) electrons. The van der Waals surface area contributed by atoms with E-state index in [1.54, 1.807) is 4.68 Å². The van der Waals surface area contributed by atoms with Crippen LogP contribution in [-0.4, -0.2) is 40.9 Å². The first-order valence-corrected chi connectivity index (χ1v) is 10.3. The van der Waals surface area contributed by atoms with Crippen molar-refractivity contribution in [2.75, 3.05) is 26.2 Å². The third-order valence-corrected chi connectivity index (χ3v) is 6.25. The molecule has 1 aliphatic carbocycles. The minimum atomic E-state index is 0.0682. The molecule has 0 amide bonds. The number of hydrogen-bond acceptors (Lipinski definition) is 4. The highest BCUT2D eigenvalue weighted by atomic mass is 16.5. The maximum Gasteiger partial charge on any atom is 0.267 e. The molecule has 2 aliphatic heterocycles. The van der Waals surface area contributed by atoms with E-state index in [0.29, 0.717) is 5.92 Å². The SMILES string of the molecule is O=c1cc2c(nn1CC1CN(CC3OCCc4ccccc43)C1)CCCC2. The fourth-order valence-corrected chi connectivity index (χ4v) is 4.78. The number of ether oxygens (including phenoxy) is 1. The van der Waals surface area contributed by atoms with Gasteiger partial charge in [0, 0.05) is 31.6 Å². The first-order valence-electron chi connectivity index (χ1n) is 10.3. The Hall–Kier alpha value is -1.98. The van der Waals surface area contributed by atoms with Crippen molar-refractivity contribution in [2.24, 2.45) is 5.92 Å². The number of likely N-dealkylation sites (tertiary alicyclic amines) is 1. The summed E-state index contributed by atoms with van der Waals surface area (Å²) in [7, 11) is 0. The first-order chi connectivity index (χ1) is 13.3. The van der Waals surface area contributed by atoms with Crippen LogP contribution in [0.1, 0.15) is 41.3 Å². The highest BCUT2D eigenvalue weighted by molar-refractivity contribution is 5.31. The minimum Gasteiger partial charge on any atom is -0.372 e. The molecule has 5 rings (SSSR count). The van der Waals surface area contributed by atoms with Crippen LogP contribution in [0.15, 0.2) is 35.1 Å². The van der Waals surface area contributed by atoms with Gasteiger partial charge in [-0.05, 0) is 48.8 Å². The quantitative estimate of drug-likeness (QED) is 0.835. The molecule has 0 N–H and O–H groups in total. The molecule has 1 atom stereocenters. The molecule has 1 fully saturated rings. The van der Waals surface area contributed by atoms with Gasteiger partial charge in [-0.2, -0.15) is 5.10 Å². The van der Waals surface area contributed by atoms with E-state index in [1.807, 2.05) is 6.07 Å². The van der Waals surface area contributed by atoms with Crippen molar-refractivity contribution in [3.05, 3.63) is 63.1 Å². The molecule has 3 aliphatic rings. The Morgan fingerprint density at radius 2 is 1.89 bits per heavy atom. The molecular weight excluding hydrogens is 338 g/mol. The van der Waals surface area contributed by atoms with Gasteiger partial charge >= 0.3 is 0 Å². The Morgan fingerprint density at radius 1 is 1.04 bits per heavy atom. The van der Waals surface area contributed by atoms with Gasteiger partial charge in [-0.3, -0.25) is 9.69 Å². The Morgan fingerprint density at radius 3 is 2.81 bits per heavy atom. The number of aryl methyl sites for hydroxylation is 2. The van der Waals surface area contributed by atoms with Gasteiger partial charge in [0.05, 0.1) is 24.9 Å². The molecule has 1 aromatic carbocycles. The number of rotatable bonds is 4. The lowest BCUT2D eigenvalue weighted by molar-refractivity contribution is -0.0177. The van der Waals surface area contributed by atoms with Crippen LogP contribution in [0.2, 0.25) is 0 Å². The molecule has 1 saturated heterocycles.